The Kier molecular flexibility index (Phi) is 15.5. The zero-order valence-electron chi connectivity index (χ0n) is 33.2. The van der Waals surface area contributed by atoms with Crippen molar-refractivity contribution in [1.82, 2.24) is 0 Å². The van der Waals surface area contributed by atoms with E-state index in [0.717, 1.165) is 43.4 Å². The van der Waals surface area contributed by atoms with Crippen LogP contribution in [0.2, 0.25) is 0 Å². The highest BCUT2D eigenvalue weighted by molar-refractivity contribution is 8.76. The lowest BCUT2D eigenvalue weighted by molar-refractivity contribution is -0.837. The Morgan fingerprint density at radius 1 is 1.11 bits per heavy atom. The highest BCUT2D eigenvalue weighted by Crippen LogP contribution is 2.44. The number of carbonyl (C=O) groups excluding carboxylic acids is 1. The number of carbonyl (C=O) groups is 1. The van der Waals surface area contributed by atoms with Gasteiger partial charge in [-0.25, -0.2) is 0 Å². The molecule has 0 radical (unpaired) electrons. The van der Waals surface area contributed by atoms with E-state index in [1.54, 1.807) is 22.7 Å². The molecule has 7 rings (SSSR count). The van der Waals surface area contributed by atoms with Crippen LogP contribution in [0.5, 0.6) is 0 Å². The fourth-order valence-corrected chi connectivity index (χ4v) is 13.0. The number of aliphatic hydroxyl groups is 6. The highest BCUT2D eigenvalue weighted by Gasteiger charge is 2.61. The Labute approximate surface area is 345 Å². The van der Waals surface area contributed by atoms with E-state index in [2.05, 4.69) is 24.1 Å². The van der Waals surface area contributed by atoms with E-state index in [-0.39, 0.29) is 47.7 Å². The second-order valence-corrected chi connectivity index (χ2v) is 20.3. The third-order valence-corrected chi connectivity index (χ3v) is 16.5. The summed E-state index contributed by atoms with van der Waals surface area (Å²) in [5.74, 6) is 0.144. The van der Waals surface area contributed by atoms with Crippen molar-refractivity contribution < 1.29 is 59.7 Å². The smallest absolute Gasteiger partial charge is 0.194 e. The molecule has 0 aromatic carbocycles. The molecule has 5 unspecified atom stereocenters. The largest absolute Gasteiger partial charge is 0.804 e. The normalized spacial score (nSPS) is 44.5. The van der Waals surface area contributed by atoms with E-state index in [1.807, 2.05) is 12.3 Å². The van der Waals surface area contributed by atoms with Crippen LogP contribution in [-0.4, -0.2) is 123 Å². The number of nitrogens with two attached hydrogens (primary N) is 1. The summed E-state index contributed by atoms with van der Waals surface area (Å²) in [6.07, 6.45) is 9.78. The van der Waals surface area contributed by atoms with Gasteiger partial charge in [0.25, 0.3) is 0 Å². The summed E-state index contributed by atoms with van der Waals surface area (Å²) in [5.41, 5.74) is -1.40. The minimum absolute atomic E-state index is 0.0130. The average Bonchev–Trinajstić information content (AvgIpc) is 3.74. The van der Waals surface area contributed by atoms with Crippen molar-refractivity contribution >= 4 is 33.8 Å². The van der Waals surface area contributed by atoms with Gasteiger partial charge >= 0.3 is 0 Å². The van der Waals surface area contributed by atoms with Crippen LogP contribution >= 0.6 is 21.6 Å². The van der Waals surface area contributed by atoms with E-state index in [0.29, 0.717) is 44.2 Å². The van der Waals surface area contributed by atoms with Crippen LogP contribution in [0.1, 0.15) is 90.4 Å². The maximum atomic E-state index is 14.7. The number of allylic oxidation sites excluding steroid dienone is 3. The fourth-order valence-electron chi connectivity index (χ4n) is 10.9. The number of aliphatic carboxylic acids is 1. The van der Waals surface area contributed by atoms with Crippen LogP contribution in [0.3, 0.4) is 0 Å². The lowest BCUT2D eigenvalue weighted by Gasteiger charge is -2.54. The SMILES string of the molecule is C[C@H](CC=CC1CCCCC1)[C@H]1C[NH2+][C@H]([O-])[C@@]2(O)[C@H](OC3CCC4C(C3)[OH+]CC(C3CCC(O)CC3)C4O)O[C@H](C(=O)[O-])[C@@H](O)[C@@H]2OCSSC[C@H]1C1=C[CH+]N=C1. The van der Waals surface area contributed by atoms with Crippen molar-refractivity contribution in [3.63, 3.8) is 0 Å². The maximum Gasteiger partial charge on any atom is 0.194 e. The number of aliphatic hydroxyl groups excluding tert-OH is 3. The van der Waals surface area contributed by atoms with Crippen molar-refractivity contribution in [2.45, 2.75) is 151 Å². The maximum absolute atomic E-state index is 14.7. The average molecular weight is 838 g/mol. The number of hydrogen-bond acceptors (Lipinski definition) is 13. The molecule has 7 aliphatic rings. The number of nitrogens with zero attached hydrogens (tertiary/aromatic N) is 1. The standard InChI is InChI=1S/C42H64N2O11S2/c1-24(6-5-9-25-7-3-2-4-8-25)31-20-44-40(50)42(51)38(53-23-57-56-22-33(31)27-16-17-43-19-27)36(47)37(39(48)49)55-41(42)54-29-14-15-30-34(18-29)52-21-32(35(30)46)26-10-12-28(45)13-11-26/h5,9,16-17,19,24-26,28-38,40-41,44-47,51H,2-4,6-8,10-15,18,20-23H2,1H3,(H,48,49)/p+1/t24-,26?,28?,29?,30?,31-,32?,33+,34?,35?,36-,37+,38+,40-,41-,42-/m1/s1. The molecule has 4 aliphatic heterocycles. The molecule has 320 valence electrons. The van der Waals surface area contributed by atoms with Gasteiger partial charge < -0.3 is 59.7 Å². The molecule has 0 aromatic heterocycles. The topological polar surface area (TPSA) is 214 Å². The summed E-state index contributed by atoms with van der Waals surface area (Å²) in [6, 6.07) is 0. The highest BCUT2D eigenvalue weighted by atomic mass is 33.1. The van der Waals surface area contributed by atoms with Gasteiger partial charge in [0.2, 0.25) is 0 Å². The van der Waals surface area contributed by atoms with Crippen molar-refractivity contribution in [2.24, 2.45) is 46.4 Å². The number of ether oxygens (including phenoxy) is 4. The van der Waals surface area contributed by atoms with Crippen LogP contribution < -0.4 is 15.5 Å². The molecule has 13 nitrogen and oxygen atoms in total. The molecule has 0 spiro atoms. The predicted octanol–water partition coefficient (Wildman–Crippen LogP) is 0.732. The van der Waals surface area contributed by atoms with Gasteiger partial charge in [-0.2, -0.15) is 0 Å². The van der Waals surface area contributed by atoms with E-state index in [1.165, 1.54) is 42.9 Å². The molecule has 7 N–H and O–H groups in total. The fraction of sp³-hybridized carbons (Fsp3) is 0.833. The number of hydrogen-bond donors (Lipinski definition) is 5. The first-order chi connectivity index (χ1) is 27.5. The molecule has 57 heavy (non-hydrogen) atoms. The van der Waals surface area contributed by atoms with Crippen molar-refractivity contribution in [1.29, 1.82) is 0 Å². The van der Waals surface area contributed by atoms with Gasteiger partial charge in [-0.1, -0.05) is 59.9 Å². The number of carboxylic acid groups (broad SMARTS) is 1. The van der Waals surface area contributed by atoms with Gasteiger partial charge in [0.05, 0.1) is 60.9 Å². The summed E-state index contributed by atoms with van der Waals surface area (Å²) in [7, 11) is 2.97. The predicted molar refractivity (Wildman–Crippen MR) is 213 cm³/mol. The quantitative estimate of drug-likeness (QED) is 0.0942. The molecule has 14 atom stereocenters. The summed E-state index contributed by atoms with van der Waals surface area (Å²) in [6.45, 7) is 4.86. The van der Waals surface area contributed by atoms with E-state index in [4.69, 9.17) is 18.9 Å². The zero-order chi connectivity index (χ0) is 40.1. The molecule has 3 aliphatic carbocycles. The van der Waals surface area contributed by atoms with Gasteiger partial charge in [0.1, 0.15) is 36.4 Å². The third kappa shape index (κ3) is 10.1. The molecular formula is C42H65N2O11S2+. The van der Waals surface area contributed by atoms with E-state index in [9.17, 15) is 35.4 Å². The molecule has 0 aromatic rings. The second kappa shape index (κ2) is 20.1. The van der Waals surface area contributed by atoms with Crippen LogP contribution in [0.15, 0.2) is 28.8 Å². The summed E-state index contributed by atoms with van der Waals surface area (Å²) >= 11 is 0. The zero-order valence-corrected chi connectivity index (χ0v) is 34.8. The first kappa shape index (κ1) is 43.9. The summed E-state index contributed by atoms with van der Waals surface area (Å²) in [4.78, 5) is 16.7. The first-order valence-corrected chi connectivity index (χ1v) is 24.1. The van der Waals surface area contributed by atoms with E-state index >= 15 is 0 Å². The Bertz CT molecular complexity index is 1410. The van der Waals surface area contributed by atoms with Crippen LogP contribution in [0.25, 0.3) is 0 Å². The minimum atomic E-state index is -2.49. The Hall–Kier alpha value is -1.21. The van der Waals surface area contributed by atoms with Gasteiger partial charge in [-0.05, 0) is 75.5 Å². The molecule has 3 saturated carbocycles. The van der Waals surface area contributed by atoms with Gasteiger partial charge in [0, 0.05) is 18.1 Å². The Morgan fingerprint density at radius 2 is 1.89 bits per heavy atom. The Morgan fingerprint density at radius 3 is 2.63 bits per heavy atom. The Balaban J connectivity index is 1.08. The summed E-state index contributed by atoms with van der Waals surface area (Å²) < 4.78 is 23.4. The van der Waals surface area contributed by atoms with Crippen LogP contribution in [-0.2, 0) is 19.0 Å². The van der Waals surface area contributed by atoms with Crippen LogP contribution in [0.4, 0.5) is 0 Å². The lowest BCUT2D eigenvalue weighted by atomic mass is 9.69. The van der Waals surface area contributed by atoms with Gasteiger partial charge in [-0.15, -0.1) is 4.99 Å². The van der Waals surface area contributed by atoms with Crippen molar-refractivity contribution in [3.05, 3.63) is 30.3 Å². The second-order valence-electron chi connectivity index (χ2n) is 17.9. The van der Waals surface area contributed by atoms with E-state index < -0.39 is 54.6 Å². The molecule has 4 heterocycles. The molecule has 0 amide bonds. The van der Waals surface area contributed by atoms with Gasteiger partial charge in [0.15, 0.2) is 30.8 Å². The lowest BCUT2D eigenvalue weighted by Crippen LogP contribution is -3.02. The van der Waals surface area contributed by atoms with Crippen molar-refractivity contribution in [2.75, 3.05) is 24.8 Å². The summed E-state index contributed by atoms with van der Waals surface area (Å²) in [5, 5.41) is 74.1. The van der Waals surface area contributed by atoms with Gasteiger partial charge in [-0.3, -0.25) is 0 Å². The molecule has 6 fully saturated rings. The van der Waals surface area contributed by atoms with Crippen LogP contribution in [0, 0.1) is 48.0 Å². The number of quaternary nitrogens is 1. The number of aliphatic imine (C=N–C) groups is 1. The van der Waals surface area contributed by atoms with Crippen molar-refractivity contribution in [3.8, 4) is 0 Å². The molecule has 15 heteroatoms. The number of carboxylic acids is 1. The minimum Gasteiger partial charge on any atom is -0.804 e. The number of rotatable bonds is 9. The molecular weight excluding hydrogens is 773 g/mol. The third-order valence-electron chi connectivity index (χ3n) is 14.4. The number of fused-ring (bicyclic) bond motifs is 2. The first-order valence-electron chi connectivity index (χ1n) is 21.6. The monoisotopic (exact) mass is 837 g/mol. The molecule has 3 saturated heterocycles. The molecule has 0 bridgehead atoms.